The summed E-state index contributed by atoms with van der Waals surface area (Å²) in [6.07, 6.45) is 0. The third-order valence-electron chi connectivity index (χ3n) is 2.92. The molecule has 3 rings (SSSR count). The van der Waals surface area contributed by atoms with Crippen molar-refractivity contribution in [3.05, 3.63) is 40.7 Å². The van der Waals surface area contributed by atoms with E-state index in [2.05, 4.69) is 15.0 Å². The lowest BCUT2D eigenvalue weighted by Crippen LogP contribution is -2.09. The Hall–Kier alpha value is -2.76. The molecule has 0 saturated heterocycles. The summed E-state index contributed by atoms with van der Waals surface area (Å²) >= 11 is 0. The van der Waals surface area contributed by atoms with E-state index >= 15 is 0 Å². The highest BCUT2D eigenvalue weighted by molar-refractivity contribution is 5.82. The van der Waals surface area contributed by atoms with Crippen molar-refractivity contribution in [1.29, 1.82) is 0 Å². The van der Waals surface area contributed by atoms with Crippen LogP contribution in [0.1, 0.15) is 0 Å². The molecular formula is C13H12N4O2. The average molecular weight is 256 g/mol. The standard InChI is InChI=1S/C13H12N4O2/c1-19-8-4-2-7(3-5-8)10-6-9-11(15-10)16-13(14)17-12(9)18/h2-6H,1H3,(H4,14,15,16,17,18). The molecule has 0 aliphatic carbocycles. The topological polar surface area (TPSA) is 96.8 Å². The van der Waals surface area contributed by atoms with E-state index in [-0.39, 0.29) is 11.5 Å². The van der Waals surface area contributed by atoms with Crippen LogP contribution in [0.15, 0.2) is 35.1 Å². The van der Waals surface area contributed by atoms with Gasteiger partial charge in [-0.1, -0.05) is 0 Å². The van der Waals surface area contributed by atoms with Crippen LogP contribution in [-0.4, -0.2) is 22.1 Å². The fourth-order valence-corrected chi connectivity index (χ4v) is 1.96. The average Bonchev–Trinajstić information content (AvgIpc) is 2.83. The molecule has 3 aromatic rings. The summed E-state index contributed by atoms with van der Waals surface area (Å²) in [4.78, 5) is 21.3. The molecule has 1 aromatic carbocycles. The van der Waals surface area contributed by atoms with Gasteiger partial charge in [-0.3, -0.25) is 9.78 Å². The molecule has 6 nitrogen and oxygen atoms in total. The number of H-pyrrole nitrogens is 2. The number of hydrogen-bond donors (Lipinski definition) is 3. The van der Waals surface area contributed by atoms with Crippen molar-refractivity contribution in [3.63, 3.8) is 0 Å². The minimum absolute atomic E-state index is 0.0978. The van der Waals surface area contributed by atoms with Crippen molar-refractivity contribution in [2.24, 2.45) is 0 Å². The number of nitrogens with one attached hydrogen (secondary N) is 2. The fourth-order valence-electron chi connectivity index (χ4n) is 1.96. The first-order chi connectivity index (χ1) is 9.17. The molecular weight excluding hydrogens is 244 g/mol. The van der Waals surface area contributed by atoms with Crippen LogP contribution in [0.3, 0.4) is 0 Å². The van der Waals surface area contributed by atoms with E-state index in [1.807, 2.05) is 24.3 Å². The molecule has 0 spiro atoms. The second kappa shape index (κ2) is 4.16. The van der Waals surface area contributed by atoms with Crippen LogP contribution in [0, 0.1) is 0 Å². The third kappa shape index (κ3) is 1.93. The highest BCUT2D eigenvalue weighted by Crippen LogP contribution is 2.23. The summed E-state index contributed by atoms with van der Waals surface area (Å²) in [5, 5.41) is 0.486. The van der Waals surface area contributed by atoms with Crippen LogP contribution in [0.2, 0.25) is 0 Å². The molecule has 0 unspecified atom stereocenters. The van der Waals surface area contributed by atoms with Gasteiger partial charge in [0.25, 0.3) is 5.56 Å². The van der Waals surface area contributed by atoms with Crippen molar-refractivity contribution in [1.82, 2.24) is 15.0 Å². The molecule has 96 valence electrons. The maximum atomic E-state index is 11.7. The molecule has 0 amide bonds. The first-order valence-electron chi connectivity index (χ1n) is 5.70. The minimum Gasteiger partial charge on any atom is -0.497 e. The third-order valence-corrected chi connectivity index (χ3v) is 2.92. The summed E-state index contributed by atoms with van der Waals surface area (Å²) in [7, 11) is 1.62. The number of aromatic nitrogens is 3. The molecule has 2 aromatic heterocycles. The van der Waals surface area contributed by atoms with Crippen molar-refractivity contribution in [3.8, 4) is 17.0 Å². The van der Waals surface area contributed by atoms with Gasteiger partial charge in [0.2, 0.25) is 5.95 Å². The van der Waals surface area contributed by atoms with Gasteiger partial charge in [-0.25, -0.2) is 0 Å². The smallest absolute Gasteiger partial charge is 0.261 e. The zero-order valence-corrected chi connectivity index (χ0v) is 10.2. The van der Waals surface area contributed by atoms with Crippen LogP contribution < -0.4 is 16.0 Å². The Labute approximate surface area is 108 Å². The van der Waals surface area contributed by atoms with Crippen LogP contribution in [-0.2, 0) is 0 Å². The second-order valence-electron chi connectivity index (χ2n) is 4.12. The van der Waals surface area contributed by atoms with E-state index < -0.39 is 0 Å². The molecule has 2 heterocycles. The van der Waals surface area contributed by atoms with Gasteiger partial charge in [-0.05, 0) is 35.9 Å². The van der Waals surface area contributed by atoms with Gasteiger partial charge in [-0.15, -0.1) is 0 Å². The molecule has 4 N–H and O–H groups in total. The van der Waals surface area contributed by atoms with Crippen molar-refractivity contribution < 1.29 is 4.74 Å². The van der Waals surface area contributed by atoms with Crippen LogP contribution in [0.4, 0.5) is 5.95 Å². The first-order valence-corrected chi connectivity index (χ1v) is 5.70. The molecule has 0 fully saturated rings. The predicted molar refractivity (Wildman–Crippen MR) is 73.1 cm³/mol. The van der Waals surface area contributed by atoms with E-state index in [0.717, 1.165) is 17.0 Å². The zero-order valence-electron chi connectivity index (χ0n) is 10.2. The Morgan fingerprint density at radius 1 is 1.21 bits per heavy atom. The van der Waals surface area contributed by atoms with Gasteiger partial charge in [0.15, 0.2) is 0 Å². The van der Waals surface area contributed by atoms with Gasteiger partial charge in [0.1, 0.15) is 11.4 Å². The largest absolute Gasteiger partial charge is 0.497 e. The van der Waals surface area contributed by atoms with Gasteiger partial charge in [0.05, 0.1) is 12.5 Å². The molecule has 0 aliphatic heterocycles. The Balaban J connectivity index is 2.14. The second-order valence-corrected chi connectivity index (χ2v) is 4.12. The number of anilines is 1. The minimum atomic E-state index is -0.251. The normalized spacial score (nSPS) is 10.8. The number of nitrogens with zero attached hydrogens (tertiary/aromatic N) is 1. The van der Waals surface area contributed by atoms with E-state index in [1.54, 1.807) is 13.2 Å². The Morgan fingerprint density at radius 3 is 2.63 bits per heavy atom. The van der Waals surface area contributed by atoms with Crippen LogP contribution >= 0.6 is 0 Å². The number of aromatic amines is 2. The van der Waals surface area contributed by atoms with Crippen molar-refractivity contribution >= 4 is 17.0 Å². The lowest BCUT2D eigenvalue weighted by Gasteiger charge is -2.00. The summed E-state index contributed by atoms with van der Waals surface area (Å²) in [6.45, 7) is 0. The molecule has 19 heavy (non-hydrogen) atoms. The molecule has 6 heteroatoms. The maximum Gasteiger partial charge on any atom is 0.261 e. The van der Waals surface area contributed by atoms with E-state index in [4.69, 9.17) is 10.5 Å². The van der Waals surface area contributed by atoms with Crippen LogP contribution in [0.5, 0.6) is 5.75 Å². The molecule has 0 saturated carbocycles. The summed E-state index contributed by atoms with van der Waals surface area (Å²) in [6, 6.07) is 9.27. The van der Waals surface area contributed by atoms with Gasteiger partial charge in [-0.2, -0.15) is 4.98 Å². The molecule has 0 radical (unpaired) electrons. The number of nitrogens with two attached hydrogens (primary N) is 1. The Kier molecular flexibility index (Phi) is 2.49. The number of hydrogen-bond acceptors (Lipinski definition) is 4. The SMILES string of the molecule is COc1ccc(-c2cc3c(=O)[nH]c(N)nc3[nH]2)cc1. The lowest BCUT2D eigenvalue weighted by atomic mass is 10.1. The van der Waals surface area contributed by atoms with Gasteiger partial charge in [0, 0.05) is 5.69 Å². The number of ether oxygens (including phenoxy) is 1. The van der Waals surface area contributed by atoms with Crippen molar-refractivity contribution in [2.45, 2.75) is 0 Å². The Morgan fingerprint density at radius 2 is 1.95 bits per heavy atom. The number of fused-ring (bicyclic) bond motifs is 1. The number of rotatable bonds is 2. The van der Waals surface area contributed by atoms with Gasteiger partial charge >= 0.3 is 0 Å². The van der Waals surface area contributed by atoms with E-state index in [1.165, 1.54) is 0 Å². The lowest BCUT2D eigenvalue weighted by molar-refractivity contribution is 0.415. The highest BCUT2D eigenvalue weighted by Gasteiger charge is 2.08. The van der Waals surface area contributed by atoms with Crippen LogP contribution in [0.25, 0.3) is 22.3 Å². The Bertz CT molecular complexity index is 787. The number of nitrogen functional groups attached to an aromatic ring is 1. The molecule has 0 aliphatic rings. The predicted octanol–water partition coefficient (Wildman–Crippen LogP) is 1.51. The maximum absolute atomic E-state index is 11.7. The monoisotopic (exact) mass is 256 g/mol. The summed E-state index contributed by atoms with van der Waals surface area (Å²) in [5.41, 5.74) is 7.48. The fraction of sp³-hybridized carbons (Fsp3) is 0.0769. The highest BCUT2D eigenvalue weighted by atomic mass is 16.5. The summed E-state index contributed by atoms with van der Waals surface area (Å²) in [5.74, 6) is 0.876. The first kappa shape index (κ1) is 11.3. The number of methoxy groups -OCH3 is 1. The number of benzene rings is 1. The van der Waals surface area contributed by atoms with Gasteiger partial charge < -0.3 is 15.5 Å². The zero-order chi connectivity index (χ0) is 13.4. The molecule has 0 bridgehead atoms. The van der Waals surface area contributed by atoms with E-state index in [9.17, 15) is 4.79 Å². The summed E-state index contributed by atoms with van der Waals surface area (Å²) < 4.78 is 5.10. The molecule has 0 atom stereocenters. The van der Waals surface area contributed by atoms with Crippen molar-refractivity contribution in [2.75, 3.05) is 12.8 Å². The van der Waals surface area contributed by atoms with E-state index in [0.29, 0.717) is 11.0 Å². The quantitative estimate of drug-likeness (QED) is 0.647.